The molecule has 13 rings (SSSR count). The molecule has 11 aliphatic rings. The molecule has 0 N–H and O–H groups in total. The minimum Gasteiger partial charge on any atom is -1.00 e. The Hall–Kier alpha value is -2.20. The van der Waals surface area contributed by atoms with Gasteiger partial charge in [0.1, 0.15) is 37.6 Å². The molecule has 272 valence electrons. The second-order valence-electron chi connectivity index (χ2n) is 18.3. The van der Waals surface area contributed by atoms with Crippen molar-refractivity contribution in [2.75, 3.05) is 62.3 Å². The predicted molar refractivity (Wildman–Crippen MR) is 195 cm³/mol. The van der Waals surface area contributed by atoms with Crippen LogP contribution in [0, 0.1) is 23.7 Å². The van der Waals surface area contributed by atoms with Crippen LogP contribution in [-0.4, -0.2) is 98.1 Å². The standard InChI is InChI=1S/C44H50N4O2.2BrH/c1-3-17-47-19-15-43-31-9-5-7-11-33(31)45-39(43)37-29(23-35(43)47)27(25-47)13-21-49-41(37)46-34-12-8-6-10-32(34)44-16-20-48(18-4-2)26-28-14-22-50-42(45)38(40(44)46)30(28)24-36(44)48;;/h3-14,29-30,35-42H,1-2,15-26H2;2*1H/q+2;;/p-2/t29-,30-,35-,36-,37+,38+,39-,40-,41+,42+,43+,44+,47?,48?;;/m0../s1. The minimum atomic E-state index is 0. The van der Waals surface area contributed by atoms with E-state index in [0.29, 0.717) is 47.8 Å². The quantitative estimate of drug-likeness (QED) is 0.312. The van der Waals surface area contributed by atoms with Crippen molar-refractivity contribution >= 4 is 11.4 Å². The highest BCUT2D eigenvalue weighted by molar-refractivity contribution is 5.72. The monoisotopic (exact) mass is 824 g/mol. The van der Waals surface area contributed by atoms with Gasteiger partial charge in [0.2, 0.25) is 0 Å². The zero-order chi connectivity index (χ0) is 32.8. The van der Waals surface area contributed by atoms with Gasteiger partial charge < -0.3 is 62.2 Å². The number of piperidine rings is 2. The van der Waals surface area contributed by atoms with Crippen LogP contribution < -0.4 is 43.8 Å². The van der Waals surface area contributed by atoms with Crippen LogP contribution in [0.15, 0.2) is 97.1 Å². The van der Waals surface area contributed by atoms with E-state index in [1.54, 1.807) is 22.3 Å². The van der Waals surface area contributed by atoms with Gasteiger partial charge in [-0.1, -0.05) is 61.7 Å². The van der Waals surface area contributed by atoms with Gasteiger partial charge in [-0.2, -0.15) is 0 Å². The smallest absolute Gasteiger partial charge is 0.136 e. The zero-order valence-electron chi connectivity index (χ0n) is 30.0. The molecule has 0 amide bonds. The molecule has 7 fully saturated rings. The highest BCUT2D eigenvalue weighted by atomic mass is 79.9. The molecule has 2 unspecified atom stereocenters. The number of rotatable bonds is 4. The van der Waals surface area contributed by atoms with Crippen LogP contribution in [0.1, 0.15) is 36.8 Å². The Morgan fingerprint density at radius 3 is 1.56 bits per heavy atom. The SMILES string of the molecule is C=CC[N+]12CC[C@@]34c5ccccc5N5[C@@H]6OCC=C7C[N+]8(CC=C)CC[C@]9%10c%11ccccc%11N([C@@H]%11OCC=C(C1)[C@H](C[C@@H]32)[C@@H]%11[C@H]54)[C@H]9[C@H]6[C@H]7C[C@@H]%108.[Br-].[Br-]. The normalized spacial score (nSPS) is 47.9. The summed E-state index contributed by atoms with van der Waals surface area (Å²) < 4.78 is 17.4. The number of ether oxygens (including phenoxy) is 2. The molecule has 2 aromatic rings. The second-order valence-corrected chi connectivity index (χ2v) is 18.3. The molecule has 5 saturated heterocycles. The van der Waals surface area contributed by atoms with E-state index in [0.717, 1.165) is 39.4 Å². The first kappa shape index (κ1) is 33.2. The van der Waals surface area contributed by atoms with Crippen molar-refractivity contribution in [3.05, 3.63) is 108 Å². The van der Waals surface area contributed by atoms with Crippen molar-refractivity contribution in [3.8, 4) is 0 Å². The average molecular weight is 827 g/mol. The van der Waals surface area contributed by atoms with E-state index < -0.39 is 0 Å². The maximum Gasteiger partial charge on any atom is 0.136 e. The first-order chi connectivity index (χ1) is 24.6. The summed E-state index contributed by atoms with van der Waals surface area (Å²) in [6.45, 7) is 17.1. The second kappa shape index (κ2) is 10.8. The summed E-state index contributed by atoms with van der Waals surface area (Å²) >= 11 is 0. The van der Waals surface area contributed by atoms with Gasteiger partial charge in [-0.3, -0.25) is 0 Å². The van der Waals surface area contributed by atoms with Crippen molar-refractivity contribution in [1.29, 1.82) is 0 Å². The number of para-hydroxylation sites is 2. The zero-order valence-corrected chi connectivity index (χ0v) is 33.1. The maximum absolute atomic E-state index is 7.51. The molecule has 2 aromatic carbocycles. The van der Waals surface area contributed by atoms with Gasteiger partial charge in [-0.15, -0.1) is 0 Å². The van der Waals surface area contributed by atoms with Gasteiger partial charge in [0.05, 0.1) is 62.3 Å². The fourth-order valence-electron chi connectivity index (χ4n) is 16.4. The number of quaternary nitrogens is 2. The number of nitrogens with zero attached hydrogens (tertiary/aromatic N) is 4. The van der Waals surface area contributed by atoms with E-state index in [2.05, 4.69) is 95.8 Å². The Balaban J connectivity index is 0.00000160. The number of benzene rings is 2. The highest BCUT2D eigenvalue weighted by Gasteiger charge is 2.80. The molecule has 52 heavy (non-hydrogen) atoms. The molecular formula is C44H50Br2N4O2. The Bertz CT molecular complexity index is 1840. The Morgan fingerprint density at radius 1 is 0.673 bits per heavy atom. The summed E-state index contributed by atoms with van der Waals surface area (Å²) in [5.74, 6) is 1.79. The van der Waals surface area contributed by atoms with Gasteiger partial charge in [-0.25, -0.2) is 0 Å². The van der Waals surface area contributed by atoms with Crippen LogP contribution in [0.4, 0.5) is 11.4 Å². The van der Waals surface area contributed by atoms with Crippen LogP contribution in [0.3, 0.4) is 0 Å². The van der Waals surface area contributed by atoms with Gasteiger partial charge in [0, 0.05) is 60.7 Å². The van der Waals surface area contributed by atoms with Crippen molar-refractivity contribution in [2.24, 2.45) is 23.7 Å². The fraction of sp³-hybridized carbons (Fsp3) is 0.545. The lowest BCUT2D eigenvalue weighted by Gasteiger charge is -2.65. The summed E-state index contributed by atoms with van der Waals surface area (Å²) in [5, 5.41) is 0. The summed E-state index contributed by atoms with van der Waals surface area (Å²) in [7, 11) is 0. The van der Waals surface area contributed by atoms with Crippen LogP contribution in [0.5, 0.6) is 0 Å². The number of hydrogen-bond acceptors (Lipinski definition) is 4. The largest absolute Gasteiger partial charge is 1.00 e. The molecular weight excluding hydrogens is 776 g/mol. The van der Waals surface area contributed by atoms with Crippen molar-refractivity contribution in [1.82, 2.24) is 0 Å². The van der Waals surface area contributed by atoms with Crippen molar-refractivity contribution in [2.45, 2.75) is 73.1 Å². The van der Waals surface area contributed by atoms with E-state index in [9.17, 15) is 0 Å². The molecule has 9 heterocycles. The van der Waals surface area contributed by atoms with E-state index in [-0.39, 0.29) is 57.2 Å². The molecule has 2 spiro atoms. The number of halogens is 2. The van der Waals surface area contributed by atoms with Gasteiger partial charge >= 0.3 is 0 Å². The van der Waals surface area contributed by atoms with Crippen molar-refractivity contribution in [3.63, 3.8) is 0 Å². The molecule has 4 bridgehead atoms. The molecule has 8 heteroatoms. The molecule has 14 atom stereocenters. The van der Waals surface area contributed by atoms with E-state index in [1.165, 1.54) is 59.1 Å². The summed E-state index contributed by atoms with van der Waals surface area (Å²) in [4.78, 5) is 5.95. The van der Waals surface area contributed by atoms with Crippen LogP contribution >= 0.6 is 0 Å². The van der Waals surface area contributed by atoms with Gasteiger partial charge in [-0.05, 0) is 46.6 Å². The third-order valence-electron chi connectivity index (χ3n) is 17.5. The average Bonchev–Trinajstić information content (AvgIpc) is 3.75. The molecule has 6 nitrogen and oxygen atoms in total. The summed E-state index contributed by atoms with van der Waals surface area (Å²) in [6.07, 6.45) is 14.7. The lowest BCUT2D eigenvalue weighted by molar-refractivity contribution is -0.938. The third kappa shape index (κ3) is 3.39. The summed E-state index contributed by atoms with van der Waals surface area (Å²) in [6, 6.07) is 21.3. The van der Waals surface area contributed by atoms with Gasteiger partial charge in [0.15, 0.2) is 0 Å². The van der Waals surface area contributed by atoms with Gasteiger partial charge in [0.25, 0.3) is 0 Å². The fourth-order valence-corrected chi connectivity index (χ4v) is 16.4. The lowest BCUT2D eigenvalue weighted by atomic mass is 9.52. The predicted octanol–water partition coefficient (Wildman–Crippen LogP) is -0.324. The Labute approximate surface area is 329 Å². The first-order valence-electron chi connectivity index (χ1n) is 19.9. The first-order valence-corrected chi connectivity index (χ1v) is 19.9. The topological polar surface area (TPSA) is 24.9 Å². The number of hydrogen-bond donors (Lipinski definition) is 0. The summed E-state index contributed by atoms with van der Waals surface area (Å²) in [5.41, 5.74) is 9.71. The molecule has 9 aliphatic heterocycles. The highest BCUT2D eigenvalue weighted by Crippen LogP contribution is 2.72. The molecule has 2 aliphatic carbocycles. The molecule has 0 radical (unpaired) electrons. The van der Waals surface area contributed by atoms with Crippen LogP contribution in [-0.2, 0) is 20.3 Å². The third-order valence-corrected chi connectivity index (χ3v) is 17.5. The number of fused-ring (bicyclic) bond motifs is 6. The van der Waals surface area contributed by atoms with Crippen molar-refractivity contribution < 1.29 is 52.4 Å². The van der Waals surface area contributed by atoms with E-state index >= 15 is 0 Å². The maximum atomic E-state index is 7.51. The van der Waals surface area contributed by atoms with E-state index in [4.69, 9.17) is 9.47 Å². The van der Waals surface area contributed by atoms with Crippen LogP contribution in [0.2, 0.25) is 0 Å². The van der Waals surface area contributed by atoms with E-state index in [1.807, 2.05) is 0 Å². The Kier molecular flexibility index (Phi) is 6.86. The van der Waals surface area contributed by atoms with Crippen LogP contribution in [0.25, 0.3) is 0 Å². The molecule has 0 aromatic heterocycles. The lowest BCUT2D eigenvalue weighted by Crippen LogP contribution is -3.00. The Morgan fingerprint density at radius 2 is 1.12 bits per heavy atom. The number of anilines is 2. The molecule has 2 saturated carbocycles. The minimum absolute atomic E-state index is 0.